The fourth-order valence-electron chi connectivity index (χ4n) is 3.80. The van der Waals surface area contributed by atoms with Crippen molar-refractivity contribution in [1.29, 1.82) is 0 Å². The Bertz CT molecular complexity index is 2110. The van der Waals surface area contributed by atoms with E-state index >= 15 is 0 Å². The molecule has 0 bridgehead atoms. The van der Waals surface area contributed by atoms with E-state index in [1.807, 2.05) is 13.0 Å². The third kappa shape index (κ3) is 63.0. The topological polar surface area (TPSA) is 653 Å². The van der Waals surface area contributed by atoms with Gasteiger partial charge in [0.05, 0.1) is 19.8 Å². The van der Waals surface area contributed by atoms with E-state index in [4.69, 9.17) is 118 Å². The number of phosphoric ester groups is 1. The summed E-state index contributed by atoms with van der Waals surface area (Å²) in [7, 11) is -45.2. The Kier molecular flexibility index (Phi) is 42.3. The highest BCUT2D eigenvalue weighted by Crippen LogP contribution is 2.67. The number of ether oxygens (including phenoxy) is 2. The maximum absolute atomic E-state index is 10.8. The summed E-state index contributed by atoms with van der Waals surface area (Å²) >= 11 is 0. The van der Waals surface area contributed by atoms with Crippen LogP contribution < -0.4 is 4.74 Å². The maximum Gasteiger partial charge on any atom is 0.469 e. The fourth-order valence-corrected chi connectivity index (χ4v) is 10.6. The predicted octanol–water partition coefficient (Wildman–Crippen LogP) is -1.39. The average molecular weight is 1310 g/mol. The van der Waals surface area contributed by atoms with E-state index in [0.29, 0.717) is 43.1 Å². The minimum absolute atomic E-state index is 0.0657. The molecule has 38 nitrogen and oxygen atoms in total. The summed E-state index contributed by atoms with van der Waals surface area (Å²) in [4.78, 5) is 172. The smallest absolute Gasteiger partial charge is 0.469 e. The van der Waals surface area contributed by atoms with E-state index in [1.54, 1.807) is 31.2 Å². The van der Waals surface area contributed by atoms with Crippen LogP contribution in [0.5, 0.6) is 5.75 Å². The van der Waals surface area contributed by atoms with Gasteiger partial charge in [-0.25, -0.2) is 4.57 Å². The SMILES string of the molecule is C=CP(=O)(O)O.CC(O)(P(=O)(O)O)P(=O)(O)O.CCCOCCN(CP(=O)(O)O)CP(=O)(O)O.CCN(CCO)CP(=O)(O)O.O=P(O)(O)CN(CP(=O)(O)O)CP(=O)(O)O.O=P(O)(O)OCCOc1ccccc1. The Morgan fingerprint density at radius 3 is 1.09 bits per heavy atom. The lowest BCUT2D eigenvalue weighted by molar-refractivity contribution is 0.111. The molecule has 0 fully saturated rings. The number of hydrogen-bond donors (Lipinski definition) is 22. The van der Waals surface area contributed by atoms with Crippen molar-refractivity contribution < 1.29 is 168 Å². The minimum Gasteiger partial charge on any atom is -0.491 e. The van der Waals surface area contributed by atoms with Crippen LogP contribution in [0.15, 0.2) is 42.7 Å². The van der Waals surface area contributed by atoms with Gasteiger partial charge in [-0.2, -0.15) is 0 Å². The van der Waals surface area contributed by atoms with Gasteiger partial charge in [0.1, 0.15) is 50.1 Å². The molecule has 0 heterocycles. The van der Waals surface area contributed by atoms with Crippen LogP contribution >= 0.6 is 76.2 Å². The highest BCUT2D eigenvalue weighted by atomic mass is 31.2. The summed E-state index contributed by atoms with van der Waals surface area (Å²) in [6, 6.07) is 8.95. The lowest BCUT2D eigenvalue weighted by atomic mass is 10.3. The maximum atomic E-state index is 10.8. The van der Waals surface area contributed by atoms with Crippen LogP contribution in [0.4, 0.5) is 0 Å². The number of likely N-dealkylation sites (N-methyl/N-ethyl adjacent to an activating group) is 1. The number of aliphatic hydroxyl groups excluding tert-OH is 1. The third-order valence-corrected chi connectivity index (χ3v) is 16.1. The van der Waals surface area contributed by atoms with E-state index in [2.05, 4.69) is 11.1 Å². The molecule has 48 heteroatoms. The molecule has 1 rings (SSSR count). The Hall–Kier alpha value is -0.0200. The molecule has 1 aromatic carbocycles. The van der Waals surface area contributed by atoms with Crippen LogP contribution in [0.3, 0.4) is 0 Å². The summed E-state index contributed by atoms with van der Waals surface area (Å²) in [5.41, 5.74) is 0. The first-order valence-electron chi connectivity index (χ1n) is 19.6. The van der Waals surface area contributed by atoms with Gasteiger partial charge in [0.15, 0.2) is 0 Å². The lowest BCUT2D eigenvalue weighted by Gasteiger charge is -2.24. The average Bonchev–Trinajstić information content (AvgIpc) is 3.14. The predicted molar refractivity (Wildman–Crippen MR) is 262 cm³/mol. The van der Waals surface area contributed by atoms with Gasteiger partial charge in [0, 0.05) is 25.5 Å². The Labute approximate surface area is 428 Å². The van der Waals surface area contributed by atoms with Gasteiger partial charge in [0.25, 0.3) is 5.08 Å². The van der Waals surface area contributed by atoms with E-state index in [1.165, 1.54) is 4.90 Å². The number of nitrogens with zero attached hydrogens (tertiary/aromatic N) is 3. The quantitative estimate of drug-likeness (QED) is 0.0339. The van der Waals surface area contributed by atoms with E-state index in [0.717, 1.165) is 11.3 Å². The number of hydrogen-bond acceptors (Lipinski definition) is 18. The third-order valence-electron chi connectivity index (χ3n) is 6.77. The standard InChI is InChI=1S/C8H11O5P.C7H19NO7P2.C5H14NO4P.C3H12NO9P3.C2H8O7P2.C2H5O3P/c9-14(10,11)13-7-6-12-8-4-2-1-3-5-8;1-2-4-15-5-3-8(6-16(9,10)11)7-17(12,13)14;1-2-6(3-4-7)5-11(8,9)10;5-14(6,7)1-4(2-15(8,9)10)3-16(11,12)13;1-2(3,10(4,5)6)11(7,8)9;1-2-6(3,4)5/h1-5H,6-7H2,(H2,9,10,11);2-7H2,1H3,(H2,9,10,11)(H2,12,13,14);7H,2-5H2,1H3,(H2,8,9,10);1-3H2,(H2,5,6,7)(H2,8,9,10)(H2,11,12,13);3H,1H3,(H2,4,5,6)(H2,7,8,9);2H,1H2,(H2,3,4,5). The highest BCUT2D eigenvalue weighted by Gasteiger charge is 2.55. The molecule has 0 aliphatic heterocycles. The molecule has 0 spiro atoms. The van der Waals surface area contributed by atoms with Gasteiger partial charge in [0.2, 0.25) is 0 Å². The molecule has 0 radical (unpaired) electrons. The molecule has 75 heavy (non-hydrogen) atoms. The lowest BCUT2D eigenvalue weighted by Crippen LogP contribution is -2.30. The molecule has 0 aliphatic rings. The second-order valence-corrected chi connectivity index (χ2v) is 31.0. The van der Waals surface area contributed by atoms with Crippen LogP contribution in [-0.2, 0) is 54.9 Å². The van der Waals surface area contributed by atoms with Gasteiger partial charge >= 0.3 is 76.2 Å². The van der Waals surface area contributed by atoms with Crippen LogP contribution in [0.25, 0.3) is 0 Å². The van der Waals surface area contributed by atoms with E-state index in [-0.39, 0.29) is 39.3 Å². The van der Waals surface area contributed by atoms with Crippen molar-refractivity contribution >= 4 is 76.2 Å². The van der Waals surface area contributed by atoms with Crippen LogP contribution in [0, 0.1) is 0 Å². The monoisotopic (exact) mass is 1310 g/mol. The van der Waals surface area contributed by atoms with Crippen molar-refractivity contribution in [3.05, 3.63) is 42.7 Å². The van der Waals surface area contributed by atoms with Gasteiger partial charge in [-0.1, -0.05) is 38.6 Å². The van der Waals surface area contributed by atoms with Gasteiger partial charge < -0.3 is 118 Å². The van der Waals surface area contributed by atoms with Gasteiger partial charge in [-0.15, -0.1) is 0 Å². The highest BCUT2D eigenvalue weighted by molar-refractivity contribution is 7.72. The van der Waals surface area contributed by atoms with Crippen molar-refractivity contribution in [1.82, 2.24) is 14.7 Å². The summed E-state index contributed by atoms with van der Waals surface area (Å²) in [5, 5.41) is 13.8. The van der Waals surface area contributed by atoms with Crippen molar-refractivity contribution in [3.8, 4) is 5.75 Å². The minimum atomic E-state index is -5.20. The molecule has 452 valence electrons. The fraction of sp³-hybridized carbons (Fsp3) is 0.704. The van der Waals surface area contributed by atoms with Crippen molar-refractivity contribution in [2.45, 2.75) is 32.3 Å². The first-order chi connectivity index (χ1) is 33.1. The summed E-state index contributed by atoms with van der Waals surface area (Å²) in [6.07, 6.45) is -4.25. The molecule has 0 aliphatic carbocycles. The Morgan fingerprint density at radius 2 is 0.840 bits per heavy atom. The molecule has 0 saturated carbocycles. The first-order valence-corrected chi connectivity index (χ1v) is 36.8. The van der Waals surface area contributed by atoms with Crippen LogP contribution in [0.1, 0.15) is 27.2 Å². The summed E-state index contributed by atoms with van der Waals surface area (Å²) in [6.45, 7) is 8.41. The molecule has 0 aromatic heterocycles. The van der Waals surface area contributed by atoms with Crippen LogP contribution in [-0.4, -0.2) is 218 Å². The van der Waals surface area contributed by atoms with Crippen molar-refractivity contribution in [2.75, 3.05) is 90.4 Å². The zero-order chi connectivity index (χ0) is 60.8. The molecule has 1 aromatic rings. The molecule has 0 amide bonds. The molecular formula is C27H69N3O35P10. The largest absolute Gasteiger partial charge is 0.491 e. The van der Waals surface area contributed by atoms with Crippen molar-refractivity contribution in [3.63, 3.8) is 0 Å². The first kappa shape index (κ1) is 83.8. The Balaban J connectivity index is -0.000000267. The molecule has 22 N–H and O–H groups in total. The number of phosphoric acid groups is 1. The molecule has 0 unspecified atom stereocenters. The second-order valence-electron chi connectivity index (χ2n) is 14.3. The molecule has 0 atom stereocenters. The number of rotatable bonds is 28. The van der Waals surface area contributed by atoms with E-state index in [9.17, 15) is 45.7 Å². The molecule has 0 saturated heterocycles. The van der Waals surface area contributed by atoms with E-state index < -0.39 is 113 Å². The zero-order valence-corrected chi connectivity index (χ0v) is 48.7. The van der Waals surface area contributed by atoms with Crippen LogP contribution in [0.2, 0.25) is 0 Å². The number of para-hydroxylation sites is 1. The second kappa shape index (κ2) is 37.9. The summed E-state index contributed by atoms with van der Waals surface area (Å²) < 4.78 is 118. The Morgan fingerprint density at radius 1 is 0.507 bits per heavy atom. The number of aliphatic hydroxyl groups is 2. The van der Waals surface area contributed by atoms with Gasteiger partial charge in [-0.05, 0) is 32.0 Å². The summed E-state index contributed by atoms with van der Waals surface area (Å²) in [5.74, 6) is 1.24. The molecular weight excluding hydrogens is 1240 g/mol. The van der Waals surface area contributed by atoms with Crippen molar-refractivity contribution in [2.24, 2.45) is 0 Å². The number of benzene rings is 1. The zero-order valence-electron chi connectivity index (χ0n) is 39.7. The normalized spacial score (nSPS) is 13.1. The van der Waals surface area contributed by atoms with Gasteiger partial charge in [-0.3, -0.25) is 60.3 Å².